The molecule has 0 radical (unpaired) electrons. The van der Waals surface area contributed by atoms with Crippen molar-refractivity contribution in [2.24, 2.45) is 12.8 Å². The third-order valence-electron chi connectivity index (χ3n) is 6.63. The first-order valence-corrected chi connectivity index (χ1v) is 12.2. The number of aliphatic hydroxyl groups excluding tert-OH is 1. The normalized spacial score (nSPS) is 13.1. The average molecular weight is 508 g/mol. The number of benzene rings is 2. The number of hydrogen-bond acceptors (Lipinski definition) is 5. The molecule has 1 amide bonds. The van der Waals surface area contributed by atoms with Gasteiger partial charge in [0.1, 0.15) is 11.6 Å². The Balaban J connectivity index is 1.73. The molecular formula is C28H31F2N5O2. The van der Waals surface area contributed by atoms with E-state index in [1.54, 1.807) is 18.7 Å². The highest BCUT2D eigenvalue weighted by Gasteiger charge is 2.30. The summed E-state index contributed by atoms with van der Waals surface area (Å²) in [5.74, 6) is -2.87. The Morgan fingerprint density at radius 2 is 1.84 bits per heavy atom. The Morgan fingerprint density at radius 3 is 2.51 bits per heavy atom. The Morgan fingerprint density at radius 1 is 1.14 bits per heavy atom. The number of aromatic nitrogens is 3. The molecule has 4 N–H and O–H groups in total. The second-order valence-corrected chi connectivity index (χ2v) is 9.32. The average Bonchev–Trinajstić information content (AvgIpc) is 3.14. The molecule has 4 rings (SSSR count). The standard InChI is InChI=1S/C28H31F2N5O2/c1-4-17-6-5-7-18(8-17)13-32-15-24(36)22(11-19-9-20(29)12-21(30)10-19)26-23(27(31)37)14-33-28-25(26)16(2)34-35(28)3/h5-10,12,14,22,24,32,36H,4,11,13,15H2,1-3H3,(H2,31,37). The van der Waals surface area contributed by atoms with Gasteiger partial charge in [-0.05, 0) is 54.2 Å². The molecule has 2 aromatic heterocycles. The molecule has 0 saturated carbocycles. The zero-order valence-electron chi connectivity index (χ0n) is 21.1. The lowest BCUT2D eigenvalue weighted by Crippen LogP contribution is -2.34. The number of aliphatic hydroxyl groups is 1. The molecule has 2 heterocycles. The summed E-state index contributed by atoms with van der Waals surface area (Å²) in [6, 6.07) is 11.4. The topological polar surface area (TPSA) is 106 Å². The fourth-order valence-corrected chi connectivity index (χ4v) is 4.90. The van der Waals surface area contributed by atoms with Crippen LogP contribution in [-0.4, -0.2) is 38.4 Å². The van der Waals surface area contributed by atoms with Crippen molar-refractivity contribution in [1.82, 2.24) is 20.1 Å². The highest BCUT2D eigenvalue weighted by Crippen LogP contribution is 2.34. The van der Waals surface area contributed by atoms with Gasteiger partial charge < -0.3 is 16.2 Å². The van der Waals surface area contributed by atoms with Gasteiger partial charge >= 0.3 is 0 Å². The Kier molecular flexibility index (Phi) is 7.94. The summed E-state index contributed by atoms with van der Waals surface area (Å²) in [4.78, 5) is 16.8. The molecule has 0 aliphatic carbocycles. The maximum Gasteiger partial charge on any atom is 0.250 e. The van der Waals surface area contributed by atoms with Crippen LogP contribution >= 0.6 is 0 Å². The van der Waals surface area contributed by atoms with Crippen molar-refractivity contribution in [1.29, 1.82) is 0 Å². The van der Waals surface area contributed by atoms with E-state index in [4.69, 9.17) is 5.73 Å². The maximum absolute atomic E-state index is 14.0. The van der Waals surface area contributed by atoms with Gasteiger partial charge in [0.05, 0.1) is 17.4 Å². The molecule has 0 bridgehead atoms. The van der Waals surface area contributed by atoms with Crippen molar-refractivity contribution >= 4 is 16.9 Å². The molecule has 0 saturated heterocycles. The Bertz CT molecular complexity index is 1420. The monoisotopic (exact) mass is 507 g/mol. The number of aryl methyl sites for hydroxylation is 3. The van der Waals surface area contributed by atoms with Crippen molar-refractivity contribution < 1.29 is 18.7 Å². The fraction of sp³-hybridized carbons (Fsp3) is 0.321. The van der Waals surface area contributed by atoms with Crippen LogP contribution in [-0.2, 0) is 26.4 Å². The number of fused-ring (bicyclic) bond motifs is 1. The highest BCUT2D eigenvalue weighted by atomic mass is 19.1. The first-order chi connectivity index (χ1) is 17.7. The van der Waals surface area contributed by atoms with E-state index in [-0.39, 0.29) is 18.5 Å². The van der Waals surface area contributed by atoms with E-state index in [1.807, 2.05) is 12.1 Å². The van der Waals surface area contributed by atoms with Crippen LogP contribution in [0, 0.1) is 18.6 Å². The smallest absolute Gasteiger partial charge is 0.250 e. The second kappa shape index (κ2) is 11.1. The summed E-state index contributed by atoms with van der Waals surface area (Å²) in [7, 11) is 1.73. The fourth-order valence-electron chi connectivity index (χ4n) is 4.90. The molecule has 0 fully saturated rings. The highest BCUT2D eigenvalue weighted by molar-refractivity contribution is 5.99. The first kappa shape index (κ1) is 26.4. The van der Waals surface area contributed by atoms with Gasteiger partial charge in [-0.15, -0.1) is 0 Å². The molecular weight excluding hydrogens is 476 g/mol. The number of carbonyl (C=O) groups excluding carboxylic acids is 1. The number of pyridine rings is 1. The molecule has 0 aliphatic heterocycles. The van der Waals surface area contributed by atoms with Crippen molar-refractivity contribution in [2.45, 2.75) is 45.3 Å². The molecule has 0 spiro atoms. The number of amides is 1. The van der Waals surface area contributed by atoms with E-state index in [9.17, 15) is 18.7 Å². The molecule has 2 atom stereocenters. The van der Waals surface area contributed by atoms with Crippen LogP contribution in [0.15, 0.2) is 48.7 Å². The number of carbonyl (C=O) groups is 1. The molecule has 7 nitrogen and oxygen atoms in total. The SMILES string of the molecule is CCc1cccc(CNCC(O)C(Cc2cc(F)cc(F)c2)c2c(C(N)=O)cnc3c2c(C)nn3C)c1. The Labute approximate surface area is 214 Å². The summed E-state index contributed by atoms with van der Waals surface area (Å²) < 4.78 is 29.7. The summed E-state index contributed by atoms with van der Waals surface area (Å²) in [5, 5.41) is 19.8. The minimum Gasteiger partial charge on any atom is -0.391 e. The lowest BCUT2D eigenvalue weighted by atomic mass is 9.83. The van der Waals surface area contributed by atoms with Crippen molar-refractivity contribution in [3.8, 4) is 0 Å². The van der Waals surface area contributed by atoms with Gasteiger partial charge in [-0.3, -0.25) is 9.48 Å². The van der Waals surface area contributed by atoms with Gasteiger partial charge in [-0.25, -0.2) is 13.8 Å². The number of hydrogen-bond donors (Lipinski definition) is 3. The predicted octanol–water partition coefficient (Wildman–Crippen LogP) is 3.69. The van der Waals surface area contributed by atoms with E-state index < -0.39 is 29.6 Å². The van der Waals surface area contributed by atoms with Crippen molar-refractivity contribution in [3.63, 3.8) is 0 Å². The number of nitrogens with zero attached hydrogens (tertiary/aromatic N) is 3. The summed E-state index contributed by atoms with van der Waals surface area (Å²) in [6.45, 7) is 4.55. The molecule has 4 aromatic rings. The minimum atomic E-state index is -1.02. The van der Waals surface area contributed by atoms with Crippen LogP contribution in [0.2, 0.25) is 0 Å². The van der Waals surface area contributed by atoms with E-state index in [2.05, 4.69) is 34.5 Å². The van der Waals surface area contributed by atoms with Crippen LogP contribution < -0.4 is 11.1 Å². The largest absolute Gasteiger partial charge is 0.391 e. The van der Waals surface area contributed by atoms with Crippen LogP contribution in [0.5, 0.6) is 0 Å². The first-order valence-electron chi connectivity index (χ1n) is 12.2. The lowest BCUT2D eigenvalue weighted by molar-refractivity contribution is 0.0995. The molecule has 37 heavy (non-hydrogen) atoms. The van der Waals surface area contributed by atoms with Crippen molar-refractivity contribution in [3.05, 3.63) is 93.8 Å². The van der Waals surface area contributed by atoms with Gasteiger partial charge in [0.25, 0.3) is 5.91 Å². The van der Waals surface area contributed by atoms with Gasteiger partial charge in [0, 0.05) is 43.7 Å². The quantitative estimate of drug-likeness (QED) is 0.304. The van der Waals surface area contributed by atoms with Crippen LogP contribution in [0.3, 0.4) is 0 Å². The zero-order chi connectivity index (χ0) is 26.7. The van der Waals surface area contributed by atoms with Gasteiger partial charge in [0.15, 0.2) is 5.65 Å². The van der Waals surface area contributed by atoms with Crippen LogP contribution in [0.4, 0.5) is 8.78 Å². The lowest BCUT2D eigenvalue weighted by Gasteiger charge is -2.26. The van der Waals surface area contributed by atoms with Crippen LogP contribution in [0.1, 0.15) is 51.1 Å². The molecule has 0 aliphatic rings. The summed E-state index contributed by atoms with van der Waals surface area (Å²) >= 11 is 0. The number of nitrogens with two attached hydrogens (primary N) is 1. The zero-order valence-corrected chi connectivity index (χ0v) is 21.1. The van der Waals surface area contributed by atoms with Gasteiger partial charge in [-0.1, -0.05) is 31.2 Å². The van der Waals surface area contributed by atoms with E-state index in [1.165, 1.54) is 23.9 Å². The molecule has 2 aromatic carbocycles. The number of halogens is 2. The second-order valence-electron chi connectivity index (χ2n) is 9.32. The molecule has 2 unspecified atom stereocenters. The van der Waals surface area contributed by atoms with Gasteiger partial charge in [0.2, 0.25) is 0 Å². The summed E-state index contributed by atoms with van der Waals surface area (Å²) in [5.41, 5.74) is 10.1. The van der Waals surface area contributed by atoms with Gasteiger partial charge in [-0.2, -0.15) is 5.10 Å². The third-order valence-corrected chi connectivity index (χ3v) is 6.63. The third kappa shape index (κ3) is 5.84. The predicted molar refractivity (Wildman–Crippen MR) is 138 cm³/mol. The number of primary amides is 1. The number of rotatable bonds is 10. The summed E-state index contributed by atoms with van der Waals surface area (Å²) in [6.07, 6.45) is 1.33. The maximum atomic E-state index is 14.0. The van der Waals surface area contributed by atoms with Crippen LogP contribution in [0.25, 0.3) is 11.0 Å². The Hall–Kier alpha value is -3.69. The number of nitrogens with one attached hydrogen (secondary N) is 1. The van der Waals surface area contributed by atoms with E-state index >= 15 is 0 Å². The van der Waals surface area contributed by atoms with E-state index in [0.717, 1.165) is 18.1 Å². The molecule has 194 valence electrons. The minimum absolute atomic E-state index is 0.0660. The molecule has 9 heteroatoms. The van der Waals surface area contributed by atoms with E-state index in [0.29, 0.717) is 34.4 Å². The van der Waals surface area contributed by atoms with Crippen molar-refractivity contribution in [2.75, 3.05) is 6.54 Å².